The fourth-order valence-electron chi connectivity index (χ4n) is 6.54. The average Bonchev–Trinajstić information content (AvgIpc) is 3.35. The predicted octanol–water partition coefficient (Wildman–Crippen LogP) is 9.85. The Hall–Kier alpha value is -6.81. The molecule has 0 aliphatic rings. The van der Waals surface area contributed by atoms with Gasteiger partial charge in [0, 0.05) is 0 Å². The fraction of sp³-hybridized carbons (Fsp3) is 0. The third-order valence-corrected chi connectivity index (χ3v) is 16.5. The predicted molar refractivity (Wildman–Crippen MR) is 276 cm³/mol. The molecule has 0 N–H and O–H groups in total. The molecule has 1 radical (unpaired) electrons. The van der Waals surface area contributed by atoms with Crippen LogP contribution in [0, 0.1) is 30.6 Å². The van der Waals surface area contributed by atoms with Crippen molar-refractivity contribution in [2.24, 2.45) is 0 Å². The molecule has 0 aromatic heterocycles. The Balaban J connectivity index is 0.000000198. The summed E-state index contributed by atoms with van der Waals surface area (Å²) in [6.45, 7) is 0. The van der Waals surface area contributed by atoms with Gasteiger partial charge in [-0.1, -0.05) is 273 Å². The second-order valence-corrected chi connectivity index (χ2v) is 20.1. The molecule has 66 heavy (non-hydrogen) atoms. The standard InChI is InChI=1S/3C18H15P.Cu.2NO3/c3*1-4-10-16(11-5-1)19(17-12-6-2-7-13-17)18-14-8-3-9-15-18;;2*2-1(3)4/h3*1-15H;;;/q;;;+2;2*-1. The van der Waals surface area contributed by atoms with Crippen molar-refractivity contribution in [3.8, 4) is 0 Å². The van der Waals surface area contributed by atoms with Gasteiger partial charge in [-0.15, -0.1) is 0 Å². The van der Waals surface area contributed by atoms with E-state index < -0.39 is 33.9 Å². The number of benzene rings is 9. The minimum absolute atomic E-state index is 0. The zero-order valence-corrected chi connectivity index (χ0v) is 39.1. The van der Waals surface area contributed by atoms with E-state index in [1.54, 1.807) is 0 Å². The molecule has 0 heterocycles. The van der Waals surface area contributed by atoms with Crippen LogP contribution in [-0.4, -0.2) is 10.2 Å². The second-order valence-electron chi connectivity index (χ2n) is 13.5. The van der Waals surface area contributed by atoms with Crippen LogP contribution in [0.15, 0.2) is 273 Å². The van der Waals surface area contributed by atoms with Crippen LogP contribution in [0.25, 0.3) is 0 Å². The molecule has 0 spiro atoms. The summed E-state index contributed by atoms with van der Waals surface area (Å²) in [5, 5.41) is 42.1. The van der Waals surface area contributed by atoms with Gasteiger partial charge in [-0.05, 0) is 71.5 Å². The van der Waals surface area contributed by atoms with Crippen LogP contribution in [0.2, 0.25) is 0 Å². The molecular formula is C54H45CuN2O6P3. The Morgan fingerprint density at radius 2 is 0.288 bits per heavy atom. The van der Waals surface area contributed by atoms with Crippen LogP contribution >= 0.6 is 23.8 Å². The summed E-state index contributed by atoms with van der Waals surface area (Å²) in [5.74, 6) is 0. The molecule has 0 aliphatic carbocycles. The van der Waals surface area contributed by atoms with Gasteiger partial charge >= 0.3 is 17.1 Å². The molecule has 0 amide bonds. The van der Waals surface area contributed by atoms with Crippen molar-refractivity contribution in [1.29, 1.82) is 0 Å². The third kappa shape index (κ3) is 17.6. The maximum atomic E-state index is 8.25. The molecule has 0 aliphatic heterocycles. The van der Waals surface area contributed by atoms with Crippen molar-refractivity contribution in [2.75, 3.05) is 0 Å². The summed E-state index contributed by atoms with van der Waals surface area (Å²) in [7, 11) is -1.34. The van der Waals surface area contributed by atoms with Gasteiger partial charge in [0.1, 0.15) is 0 Å². The van der Waals surface area contributed by atoms with E-state index in [4.69, 9.17) is 30.6 Å². The van der Waals surface area contributed by atoms with E-state index in [2.05, 4.69) is 273 Å². The molecule has 12 heteroatoms. The fourth-order valence-corrected chi connectivity index (χ4v) is 13.5. The summed E-state index contributed by atoms with van der Waals surface area (Å²) < 4.78 is 0. The smallest absolute Gasteiger partial charge is 0.356 e. The van der Waals surface area contributed by atoms with Crippen molar-refractivity contribution in [3.63, 3.8) is 0 Å². The van der Waals surface area contributed by atoms with Crippen molar-refractivity contribution in [3.05, 3.63) is 304 Å². The Labute approximate surface area is 400 Å². The Morgan fingerprint density at radius 3 is 0.364 bits per heavy atom. The van der Waals surface area contributed by atoms with E-state index in [9.17, 15) is 0 Å². The van der Waals surface area contributed by atoms with Gasteiger partial charge in [0.05, 0.1) is 10.2 Å². The molecule has 0 saturated carbocycles. The largest absolute Gasteiger partial charge is 2.00 e. The van der Waals surface area contributed by atoms with Gasteiger partial charge in [0.25, 0.3) is 0 Å². The van der Waals surface area contributed by atoms with Crippen LogP contribution in [0.3, 0.4) is 0 Å². The molecule has 9 aromatic rings. The minimum Gasteiger partial charge on any atom is -0.356 e. The second kappa shape index (κ2) is 29.6. The first-order valence-electron chi connectivity index (χ1n) is 20.3. The van der Waals surface area contributed by atoms with Gasteiger partial charge < -0.3 is 30.6 Å². The van der Waals surface area contributed by atoms with Crippen molar-refractivity contribution in [2.45, 2.75) is 0 Å². The van der Waals surface area contributed by atoms with Gasteiger partial charge in [0.2, 0.25) is 0 Å². The summed E-state index contributed by atoms with van der Waals surface area (Å²) in [6, 6.07) is 97.0. The molecule has 8 nitrogen and oxygen atoms in total. The van der Waals surface area contributed by atoms with Crippen LogP contribution < -0.4 is 47.7 Å². The number of nitrogens with zero attached hydrogens (tertiary/aromatic N) is 2. The van der Waals surface area contributed by atoms with Crippen molar-refractivity contribution in [1.82, 2.24) is 0 Å². The van der Waals surface area contributed by atoms with Crippen molar-refractivity contribution >= 4 is 71.5 Å². The quantitative estimate of drug-likeness (QED) is 0.0613. The van der Waals surface area contributed by atoms with E-state index in [0.29, 0.717) is 0 Å². The molecule has 0 bridgehead atoms. The Bertz CT molecular complexity index is 2090. The summed E-state index contributed by atoms with van der Waals surface area (Å²) in [6.07, 6.45) is 0. The molecule has 0 fully saturated rings. The Kier molecular flexibility index (Phi) is 23.2. The number of hydrogen-bond donors (Lipinski definition) is 0. The van der Waals surface area contributed by atoms with Gasteiger partial charge in [-0.25, -0.2) is 0 Å². The number of rotatable bonds is 9. The average molecular weight is 974 g/mol. The van der Waals surface area contributed by atoms with Crippen LogP contribution in [0.4, 0.5) is 0 Å². The molecular weight excluding hydrogens is 929 g/mol. The maximum Gasteiger partial charge on any atom is 2.00 e. The topological polar surface area (TPSA) is 132 Å². The van der Waals surface area contributed by atoms with Crippen LogP contribution in [-0.2, 0) is 17.1 Å². The minimum atomic E-state index is -1.75. The first-order chi connectivity index (χ1) is 31.8. The van der Waals surface area contributed by atoms with E-state index in [1.165, 1.54) is 47.7 Å². The van der Waals surface area contributed by atoms with E-state index in [0.717, 1.165) is 0 Å². The summed E-state index contributed by atoms with van der Waals surface area (Å²) in [5.41, 5.74) is 0. The molecule has 0 atom stereocenters. The van der Waals surface area contributed by atoms with Gasteiger partial charge in [0.15, 0.2) is 0 Å². The normalized spacial score (nSPS) is 9.86. The van der Waals surface area contributed by atoms with Gasteiger partial charge in [-0.2, -0.15) is 0 Å². The maximum absolute atomic E-state index is 8.25. The molecule has 0 unspecified atom stereocenters. The third-order valence-electron chi connectivity index (χ3n) is 9.13. The SMILES string of the molecule is O=[N+]([O-])[O-].O=[N+]([O-])[O-].[Cu+2].c1ccc(P(c2ccccc2)c2ccccc2)cc1.c1ccc(P(c2ccccc2)c2ccccc2)cc1.c1ccc(P(c2ccccc2)c2ccccc2)cc1. The number of hydrogen-bond acceptors (Lipinski definition) is 6. The van der Waals surface area contributed by atoms with E-state index in [1.807, 2.05) is 0 Å². The first-order valence-corrected chi connectivity index (χ1v) is 24.3. The summed E-state index contributed by atoms with van der Waals surface area (Å²) in [4.78, 5) is 16.5. The molecule has 9 rings (SSSR count). The zero-order valence-electron chi connectivity index (χ0n) is 35.5. The van der Waals surface area contributed by atoms with Crippen LogP contribution in [0.1, 0.15) is 0 Å². The summed E-state index contributed by atoms with van der Waals surface area (Å²) >= 11 is 0. The molecule has 9 aromatic carbocycles. The van der Waals surface area contributed by atoms with E-state index in [-0.39, 0.29) is 17.1 Å². The molecule has 0 saturated heterocycles. The Morgan fingerprint density at radius 1 is 0.212 bits per heavy atom. The van der Waals surface area contributed by atoms with Gasteiger partial charge in [-0.3, -0.25) is 0 Å². The van der Waals surface area contributed by atoms with Crippen molar-refractivity contribution < 1.29 is 27.2 Å². The first kappa shape index (κ1) is 51.8. The van der Waals surface area contributed by atoms with E-state index >= 15 is 0 Å². The monoisotopic (exact) mass is 973 g/mol. The zero-order chi connectivity index (χ0) is 45.9. The molecule has 333 valence electrons. The van der Waals surface area contributed by atoms with Crippen LogP contribution in [0.5, 0.6) is 0 Å².